The molecule has 10 heteroatoms. The van der Waals surface area contributed by atoms with Crippen LogP contribution >= 0.6 is 0 Å². The zero-order valence-corrected chi connectivity index (χ0v) is 66.4. The van der Waals surface area contributed by atoms with Crippen molar-refractivity contribution in [2.75, 3.05) is 62.4 Å². The first kappa shape index (κ1) is 81.5. The van der Waals surface area contributed by atoms with Gasteiger partial charge in [0, 0.05) is 83.0 Å². The largest absolute Gasteiger partial charge is 0.493 e. The molecule has 2 N–H and O–H groups in total. The predicted octanol–water partition coefficient (Wildman–Crippen LogP) is 26.6. The van der Waals surface area contributed by atoms with Crippen LogP contribution < -0.4 is 28.7 Å². The summed E-state index contributed by atoms with van der Waals surface area (Å²) in [4.78, 5) is 24.4. The molecule has 0 saturated carbocycles. The van der Waals surface area contributed by atoms with E-state index in [2.05, 4.69) is 232 Å². The Kier molecular flexibility index (Phi) is 35.7. The first-order chi connectivity index (χ1) is 52.3. The summed E-state index contributed by atoms with van der Waals surface area (Å²) in [7, 11) is 0. The molecule has 0 atom stereocenters. The number of unbranched alkanes of at least 4 members (excludes halogenated alkanes) is 24. The van der Waals surface area contributed by atoms with E-state index >= 15 is 0 Å². The van der Waals surface area contributed by atoms with Gasteiger partial charge in [0.15, 0.2) is 0 Å². The second-order valence-corrected chi connectivity index (χ2v) is 29.3. The molecule has 0 radical (unpaired) electrons. The van der Waals surface area contributed by atoms with E-state index in [0.717, 1.165) is 241 Å². The van der Waals surface area contributed by atoms with Crippen molar-refractivity contribution in [2.45, 2.75) is 261 Å². The fourth-order valence-electron chi connectivity index (χ4n) is 14.0. The number of rotatable bonds is 48. The fraction of sp³-hybridized carbons (Fsp3) is 0.500. The van der Waals surface area contributed by atoms with Crippen LogP contribution in [0.4, 0.5) is 11.4 Å². The van der Waals surface area contributed by atoms with E-state index in [0.29, 0.717) is 26.4 Å². The number of H-pyrrole nitrogens is 2. The average Bonchev–Trinajstić information content (AvgIpc) is 1.62. The Morgan fingerprint density at radius 3 is 0.858 bits per heavy atom. The van der Waals surface area contributed by atoms with Crippen LogP contribution in [0.15, 0.2) is 109 Å². The van der Waals surface area contributed by atoms with Crippen molar-refractivity contribution in [3.8, 4) is 68.9 Å². The maximum absolute atomic E-state index is 6.77. The van der Waals surface area contributed by atoms with Crippen LogP contribution in [0.3, 0.4) is 0 Å². The smallest absolute Gasteiger partial charge is 0.123 e. The third-order valence-corrected chi connectivity index (χ3v) is 20.4. The highest BCUT2D eigenvalue weighted by molar-refractivity contribution is 5.96. The minimum absolute atomic E-state index is 0.622. The molecule has 2 aliphatic rings. The molecule has 10 nitrogen and oxygen atoms in total. The zero-order valence-electron chi connectivity index (χ0n) is 66.4. The monoisotopic (exact) mass is 1430 g/mol. The molecule has 8 bridgehead atoms. The number of anilines is 2. The lowest BCUT2D eigenvalue weighted by atomic mass is 10.0. The van der Waals surface area contributed by atoms with Gasteiger partial charge in [-0.15, -0.1) is 0 Å². The normalized spacial score (nSPS) is 11.5. The van der Waals surface area contributed by atoms with E-state index in [-0.39, 0.29) is 0 Å². The van der Waals surface area contributed by atoms with Crippen LogP contribution in [0.5, 0.6) is 23.0 Å². The van der Waals surface area contributed by atoms with Crippen molar-refractivity contribution < 1.29 is 18.9 Å². The van der Waals surface area contributed by atoms with E-state index in [9.17, 15) is 0 Å². The van der Waals surface area contributed by atoms with Gasteiger partial charge >= 0.3 is 0 Å². The standard InChI is InChI=1S/C96H128N6O4/c1-9-17-25-29-33-37-65-103-81-69-77(70-82(73-81)104-66-38-34-30-26-18-10-2)95-91-57-53-87(97-91)85(51-45-75-41-47-79(48-42-75)101(61-21-13-5)62-22-14-6)89-55-59-93(99-89)96(78-71-83(105-67-39-35-31-27-19-11-3)74-84(72-78)106-68-40-36-32-28-20-12-4)94-60-56-90(100-94)86(88-54-58-92(95)98-88)52-46-76-43-49-80(50-44-76)102(63-23-15-7)64-24-16-8/h41-44,47-50,53-60,69-74,97,100H,9-40,61-68H2,1-8H3. The van der Waals surface area contributed by atoms with Crippen molar-refractivity contribution in [3.63, 3.8) is 0 Å². The Morgan fingerprint density at radius 1 is 0.283 bits per heavy atom. The number of ether oxygens (including phenoxy) is 4. The Labute approximate surface area is 639 Å². The number of benzene rings is 4. The van der Waals surface area contributed by atoms with E-state index in [1.165, 1.54) is 114 Å². The predicted molar refractivity (Wildman–Crippen MR) is 454 cm³/mol. The van der Waals surface area contributed by atoms with Gasteiger partial charge in [-0.3, -0.25) is 0 Å². The summed E-state index contributed by atoms with van der Waals surface area (Å²) in [5.41, 5.74) is 16.0. The molecule has 0 spiro atoms. The average molecular weight is 1430 g/mol. The molecular formula is C96H128N6O4. The molecule has 0 unspecified atom stereocenters. The Morgan fingerprint density at radius 2 is 0.557 bits per heavy atom. The molecule has 3 aromatic heterocycles. The molecule has 0 aliphatic carbocycles. The number of fused-ring (bicyclic) bond motifs is 8. The minimum Gasteiger partial charge on any atom is -0.493 e. The van der Waals surface area contributed by atoms with Crippen LogP contribution in [-0.2, 0) is 0 Å². The molecule has 0 saturated heterocycles. The molecule has 7 aromatic rings. The van der Waals surface area contributed by atoms with Gasteiger partial charge in [-0.2, -0.15) is 0 Å². The summed E-state index contributed by atoms with van der Waals surface area (Å²) in [6.45, 7) is 24.8. The highest BCUT2D eigenvalue weighted by atomic mass is 16.5. The van der Waals surface area contributed by atoms with Crippen molar-refractivity contribution in [1.29, 1.82) is 0 Å². The second-order valence-electron chi connectivity index (χ2n) is 29.3. The molecule has 5 heterocycles. The van der Waals surface area contributed by atoms with Crippen LogP contribution in [0, 0.1) is 23.7 Å². The lowest BCUT2D eigenvalue weighted by Crippen LogP contribution is -2.25. The fourth-order valence-corrected chi connectivity index (χ4v) is 14.0. The third kappa shape index (κ3) is 25.8. The molecule has 566 valence electrons. The van der Waals surface area contributed by atoms with Crippen LogP contribution in [-0.4, -0.2) is 72.5 Å². The van der Waals surface area contributed by atoms with Crippen molar-refractivity contribution in [1.82, 2.24) is 19.9 Å². The number of aromatic amines is 2. The summed E-state index contributed by atoms with van der Waals surface area (Å²) in [6.07, 6.45) is 46.1. The van der Waals surface area contributed by atoms with E-state index in [4.69, 9.17) is 28.9 Å². The summed E-state index contributed by atoms with van der Waals surface area (Å²) < 4.78 is 27.1. The first-order valence-corrected chi connectivity index (χ1v) is 42.0. The molecule has 0 fully saturated rings. The molecule has 0 amide bonds. The number of aromatic nitrogens is 4. The van der Waals surface area contributed by atoms with Crippen molar-refractivity contribution in [2.24, 2.45) is 0 Å². The molecular weight excluding hydrogens is 1300 g/mol. The van der Waals surface area contributed by atoms with Crippen LogP contribution in [0.1, 0.15) is 306 Å². The molecule has 106 heavy (non-hydrogen) atoms. The zero-order chi connectivity index (χ0) is 74.2. The highest BCUT2D eigenvalue weighted by Crippen LogP contribution is 2.40. The highest BCUT2D eigenvalue weighted by Gasteiger charge is 2.21. The number of hydrogen-bond donors (Lipinski definition) is 2. The number of hydrogen-bond acceptors (Lipinski definition) is 8. The van der Waals surface area contributed by atoms with Crippen LogP contribution in [0.25, 0.3) is 68.6 Å². The molecule has 2 aliphatic heterocycles. The van der Waals surface area contributed by atoms with Crippen LogP contribution in [0.2, 0.25) is 0 Å². The van der Waals surface area contributed by atoms with Gasteiger partial charge < -0.3 is 38.7 Å². The number of nitrogens with zero attached hydrogens (tertiary/aromatic N) is 4. The summed E-state index contributed by atoms with van der Waals surface area (Å²) >= 11 is 0. The van der Waals surface area contributed by atoms with Gasteiger partial charge in [-0.1, -0.05) is 233 Å². The van der Waals surface area contributed by atoms with Crippen molar-refractivity contribution >= 4 is 57.7 Å². The maximum Gasteiger partial charge on any atom is 0.123 e. The van der Waals surface area contributed by atoms with Gasteiger partial charge in [0.25, 0.3) is 0 Å². The first-order valence-electron chi connectivity index (χ1n) is 42.0. The maximum atomic E-state index is 6.77. The Balaban J connectivity index is 1.29. The van der Waals surface area contributed by atoms with E-state index < -0.39 is 0 Å². The summed E-state index contributed by atoms with van der Waals surface area (Å²) in [5.74, 6) is 17.9. The summed E-state index contributed by atoms with van der Waals surface area (Å²) in [5, 5.41) is 0. The van der Waals surface area contributed by atoms with Gasteiger partial charge in [0.05, 0.1) is 71.4 Å². The van der Waals surface area contributed by atoms with E-state index in [1.807, 2.05) is 0 Å². The quantitative estimate of drug-likeness (QED) is 0.0287. The lowest BCUT2D eigenvalue weighted by Gasteiger charge is -2.24. The minimum atomic E-state index is 0.622. The van der Waals surface area contributed by atoms with Gasteiger partial charge in [-0.05, 0) is 184 Å². The lowest BCUT2D eigenvalue weighted by molar-refractivity contribution is 0.289. The van der Waals surface area contributed by atoms with Crippen molar-refractivity contribution in [3.05, 3.63) is 154 Å². The second kappa shape index (κ2) is 46.5. The Hall–Kier alpha value is -8.60. The van der Waals surface area contributed by atoms with E-state index in [1.54, 1.807) is 0 Å². The molecule has 4 aromatic carbocycles. The molecule has 9 rings (SSSR count). The van der Waals surface area contributed by atoms with Gasteiger partial charge in [-0.25, -0.2) is 9.97 Å². The van der Waals surface area contributed by atoms with Gasteiger partial charge in [0.1, 0.15) is 23.0 Å². The summed E-state index contributed by atoms with van der Waals surface area (Å²) in [6, 6.07) is 39.2. The van der Waals surface area contributed by atoms with Gasteiger partial charge in [0.2, 0.25) is 0 Å². The number of nitrogens with one attached hydrogen (secondary N) is 2. The third-order valence-electron chi connectivity index (χ3n) is 20.4. The topological polar surface area (TPSA) is 101 Å². The Bertz CT molecular complexity index is 3780. The SMILES string of the molecule is CCCCCCCCOc1cc(OCCCCCCCC)cc(-c2c3nc(c(C#Cc4ccc(N(CCCC)CCCC)cc4)c4ccc([nH]4)c(-c4cc(OCCCCCCCC)cc(OCCCCCCCC)c4)c4nc(c(C#Cc5ccc(N(CCCC)CCCC)cc5)c5ccc2[nH]5)C=C4)C=C3)c1.